The fourth-order valence-electron chi connectivity index (χ4n) is 1.81. The molecule has 0 spiro atoms. The van der Waals surface area contributed by atoms with Gasteiger partial charge in [-0.05, 0) is 24.3 Å². The summed E-state index contributed by atoms with van der Waals surface area (Å²) in [4.78, 5) is 6.32. The molecular formula is C14H11FN2S. The van der Waals surface area contributed by atoms with Crippen molar-refractivity contribution in [1.82, 2.24) is 4.98 Å². The van der Waals surface area contributed by atoms with E-state index in [0.717, 1.165) is 15.5 Å². The van der Waals surface area contributed by atoms with Crippen molar-refractivity contribution in [2.75, 3.05) is 11.9 Å². The topological polar surface area (TPSA) is 16.1 Å². The molecule has 0 bridgehead atoms. The standard InChI is InChI=1S/C14H11FN2S/c1-17(10-6-3-2-4-7-10)14-16-13-11(15)8-5-9-12(13)18-14/h2-9H,1H3. The predicted molar refractivity (Wildman–Crippen MR) is 74.1 cm³/mol. The van der Waals surface area contributed by atoms with Crippen LogP contribution in [-0.4, -0.2) is 12.0 Å². The van der Waals surface area contributed by atoms with Crippen molar-refractivity contribution in [2.24, 2.45) is 0 Å². The van der Waals surface area contributed by atoms with E-state index in [1.54, 1.807) is 6.07 Å². The van der Waals surface area contributed by atoms with Crippen LogP contribution in [0.25, 0.3) is 10.2 Å². The molecule has 0 aliphatic rings. The molecule has 0 amide bonds. The predicted octanol–water partition coefficient (Wildman–Crippen LogP) is 4.20. The van der Waals surface area contributed by atoms with Crippen molar-refractivity contribution in [3.8, 4) is 0 Å². The number of halogens is 1. The number of thiazole rings is 1. The highest BCUT2D eigenvalue weighted by atomic mass is 32.1. The summed E-state index contributed by atoms with van der Waals surface area (Å²) in [5, 5.41) is 0.793. The second kappa shape index (κ2) is 4.38. The zero-order valence-corrected chi connectivity index (χ0v) is 10.6. The van der Waals surface area contributed by atoms with Crippen molar-refractivity contribution < 1.29 is 4.39 Å². The Labute approximate surface area is 108 Å². The number of hydrogen-bond acceptors (Lipinski definition) is 3. The summed E-state index contributed by atoms with van der Waals surface area (Å²) >= 11 is 1.49. The van der Waals surface area contributed by atoms with Crippen LogP contribution >= 0.6 is 11.3 Å². The Morgan fingerprint density at radius 3 is 2.56 bits per heavy atom. The molecule has 0 aliphatic heterocycles. The van der Waals surface area contributed by atoms with E-state index in [2.05, 4.69) is 4.98 Å². The molecule has 0 saturated heterocycles. The highest BCUT2D eigenvalue weighted by Gasteiger charge is 2.12. The smallest absolute Gasteiger partial charge is 0.190 e. The highest BCUT2D eigenvalue weighted by molar-refractivity contribution is 7.22. The molecular weight excluding hydrogens is 247 g/mol. The Hall–Kier alpha value is -1.94. The third kappa shape index (κ3) is 1.84. The number of fused-ring (bicyclic) bond motifs is 1. The fraction of sp³-hybridized carbons (Fsp3) is 0.0714. The zero-order valence-electron chi connectivity index (χ0n) is 9.80. The number of benzene rings is 2. The van der Waals surface area contributed by atoms with Crippen molar-refractivity contribution in [2.45, 2.75) is 0 Å². The van der Waals surface area contributed by atoms with Crippen LogP contribution in [0.4, 0.5) is 15.2 Å². The molecule has 2 nitrogen and oxygen atoms in total. The molecule has 0 fully saturated rings. The lowest BCUT2D eigenvalue weighted by Crippen LogP contribution is -2.08. The number of rotatable bonds is 2. The van der Waals surface area contributed by atoms with Crippen LogP contribution in [0.1, 0.15) is 0 Å². The van der Waals surface area contributed by atoms with Gasteiger partial charge in [0.05, 0.1) is 4.70 Å². The lowest BCUT2D eigenvalue weighted by molar-refractivity contribution is 0.637. The van der Waals surface area contributed by atoms with E-state index in [1.807, 2.05) is 48.3 Å². The van der Waals surface area contributed by atoms with Crippen LogP contribution in [-0.2, 0) is 0 Å². The summed E-state index contributed by atoms with van der Waals surface area (Å²) < 4.78 is 14.5. The molecule has 2 aromatic carbocycles. The largest absolute Gasteiger partial charge is 0.321 e. The lowest BCUT2D eigenvalue weighted by atomic mass is 10.3. The number of para-hydroxylation sites is 2. The van der Waals surface area contributed by atoms with Gasteiger partial charge in [0.25, 0.3) is 0 Å². The van der Waals surface area contributed by atoms with E-state index in [-0.39, 0.29) is 5.82 Å². The molecule has 0 saturated carbocycles. The summed E-state index contributed by atoms with van der Waals surface area (Å²) in [6.07, 6.45) is 0. The number of aromatic nitrogens is 1. The van der Waals surface area contributed by atoms with Gasteiger partial charge in [0.15, 0.2) is 5.13 Å². The number of hydrogen-bond donors (Lipinski definition) is 0. The number of anilines is 2. The third-order valence-corrected chi connectivity index (χ3v) is 3.89. The molecule has 0 unspecified atom stereocenters. The van der Waals surface area contributed by atoms with Crippen LogP contribution in [0.5, 0.6) is 0 Å². The minimum absolute atomic E-state index is 0.267. The third-order valence-electron chi connectivity index (χ3n) is 2.79. The second-order valence-electron chi connectivity index (χ2n) is 3.98. The van der Waals surface area contributed by atoms with Crippen LogP contribution in [0, 0.1) is 5.82 Å². The molecule has 90 valence electrons. The maximum absolute atomic E-state index is 13.6. The molecule has 3 aromatic rings. The first-order valence-electron chi connectivity index (χ1n) is 5.59. The summed E-state index contributed by atoms with van der Waals surface area (Å²) in [5.74, 6) is -0.267. The molecule has 0 atom stereocenters. The Morgan fingerprint density at radius 1 is 1.06 bits per heavy atom. The van der Waals surface area contributed by atoms with E-state index in [0.29, 0.717) is 5.52 Å². The van der Waals surface area contributed by atoms with Crippen LogP contribution in [0.3, 0.4) is 0 Å². The molecule has 4 heteroatoms. The first kappa shape index (κ1) is 11.2. The van der Waals surface area contributed by atoms with Crippen LogP contribution < -0.4 is 4.90 Å². The Balaban J connectivity index is 2.07. The maximum Gasteiger partial charge on any atom is 0.190 e. The molecule has 3 rings (SSSR count). The van der Waals surface area contributed by atoms with Gasteiger partial charge in [-0.25, -0.2) is 9.37 Å². The van der Waals surface area contributed by atoms with Crippen molar-refractivity contribution in [1.29, 1.82) is 0 Å². The van der Waals surface area contributed by atoms with Crippen molar-refractivity contribution in [3.63, 3.8) is 0 Å². The average Bonchev–Trinajstić information content (AvgIpc) is 2.84. The van der Waals surface area contributed by atoms with Gasteiger partial charge < -0.3 is 4.90 Å². The second-order valence-corrected chi connectivity index (χ2v) is 4.99. The van der Waals surface area contributed by atoms with Gasteiger partial charge in [-0.15, -0.1) is 0 Å². The van der Waals surface area contributed by atoms with Gasteiger partial charge in [0.2, 0.25) is 0 Å². The van der Waals surface area contributed by atoms with Crippen molar-refractivity contribution >= 4 is 32.4 Å². The van der Waals surface area contributed by atoms with Gasteiger partial charge in [-0.3, -0.25) is 0 Å². The van der Waals surface area contributed by atoms with Crippen LogP contribution in [0.15, 0.2) is 48.5 Å². The highest BCUT2D eigenvalue weighted by Crippen LogP contribution is 2.32. The lowest BCUT2D eigenvalue weighted by Gasteiger charge is -2.15. The van der Waals surface area contributed by atoms with Crippen LogP contribution in [0.2, 0.25) is 0 Å². The Kier molecular flexibility index (Phi) is 2.72. The summed E-state index contributed by atoms with van der Waals surface area (Å²) in [5.41, 5.74) is 1.48. The summed E-state index contributed by atoms with van der Waals surface area (Å²) in [6, 6.07) is 15.0. The molecule has 0 radical (unpaired) electrons. The number of nitrogens with zero attached hydrogens (tertiary/aromatic N) is 2. The van der Waals surface area contributed by atoms with Gasteiger partial charge in [0, 0.05) is 12.7 Å². The maximum atomic E-state index is 13.6. The van der Waals surface area contributed by atoms with Crippen molar-refractivity contribution in [3.05, 3.63) is 54.3 Å². The fourth-order valence-corrected chi connectivity index (χ4v) is 2.77. The van der Waals surface area contributed by atoms with E-state index < -0.39 is 0 Å². The summed E-state index contributed by atoms with van der Waals surface area (Å²) in [7, 11) is 1.94. The first-order valence-corrected chi connectivity index (χ1v) is 6.41. The van der Waals surface area contributed by atoms with E-state index >= 15 is 0 Å². The quantitative estimate of drug-likeness (QED) is 0.684. The van der Waals surface area contributed by atoms with Gasteiger partial charge in [-0.1, -0.05) is 35.6 Å². The Morgan fingerprint density at radius 2 is 1.83 bits per heavy atom. The van der Waals surface area contributed by atoms with E-state index in [9.17, 15) is 4.39 Å². The SMILES string of the molecule is CN(c1ccccc1)c1nc2c(F)cccc2s1. The van der Waals surface area contributed by atoms with E-state index in [1.165, 1.54) is 17.4 Å². The van der Waals surface area contributed by atoms with Gasteiger partial charge in [0.1, 0.15) is 11.3 Å². The van der Waals surface area contributed by atoms with Gasteiger partial charge in [-0.2, -0.15) is 0 Å². The normalized spacial score (nSPS) is 10.8. The van der Waals surface area contributed by atoms with Gasteiger partial charge >= 0.3 is 0 Å². The monoisotopic (exact) mass is 258 g/mol. The Bertz CT molecular complexity index is 679. The average molecular weight is 258 g/mol. The summed E-state index contributed by atoms with van der Waals surface area (Å²) in [6.45, 7) is 0. The zero-order chi connectivity index (χ0) is 12.5. The first-order chi connectivity index (χ1) is 8.75. The molecule has 0 aliphatic carbocycles. The molecule has 1 heterocycles. The minimum Gasteiger partial charge on any atom is -0.321 e. The molecule has 0 N–H and O–H groups in total. The molecule has 18 heavy (non-hydrogen) atoms. The molecule has 1 aromatic heterocycles. The van der Waals surface area contributed by atoms with E-state index in [4.69, 9.17) is 0 Å². The minimum atomic E-state index is -0.267.